The molecule has 0 spiro atoms. The zero-order valence-electron chi connectivity index (χ0n) is 13.3. The van der Waals surface area contributed by atoms with Gasteiger partial charge < -0.3 is 9.47 Å². The van der Waals surface area contributed by atoms with Crippen molar-refractivity contribution in [2.75, 3.05) is 26.0 Å². The van der Waals surface area contributed by atoms with Crippen LogP contribution in [0.3, 0.4) is 0 Å². The van der Waals surface area contributed by atoms with E-state index >= 15 is 0 Å². The van der Waals surface area contributed by atoms with Crippen LogP contribution in [0.2, 0.25) is 0 Å². The molecule has 0 aliphatic carbocycles. The lowest BCUT2D eigenvalue weighted by Gasteiger charge is -2.31. The summed E-state index contributed by atoms with van der Waals surface area (Å²) in [6, 6.07) is 7.48. The predicted molar refractivity (Wildman–Crippen MR) is 86.9 cm³/mol. The standard InChI is InChI=1S/C16H25NO4S/c1-3-4-13-22(18,19)17-11-9-16(10-12-17)21-15-7-5-14(20-2)6-8-15/h5-8,16H,3-4,9-13H2,1-2H3. The largest absolute Gasteiger partial charge is 0.497 e. The summed E-state index contributed by atoms with van der Waals surface area (Å²) in [5, 5.41) is 0. The Hall–Kier alpha value is -1.27. The van der Waals surface area contributed by atoms with E-state index in [4.69, 9.17) is 9.47 Å². The Morgan fingerprint density at radius 3 is 2.27 bits per heavy atom. The van der Waals surface area contributed by atoms with Crippen LogP contribution in [-0.4, -0.2) is 44.8 Å². The van der Waals surface area contributed by atoms with Crippen LogP contribution in [0.4, 0.5) is 0 Å². The predicted octanol–water partition coefficient (Wildman–Crippen LogP) is 2.67. The molecule has 0 atom stereocenters. The Balaban J connectivity index is 1.84. The number of hydrogen-bond donors (Lipinski definition) is 0. The highest BCUT2D eigenvalue weighted by molar-refractivity contribution is 7.89. The fourth-order valence-electron chi connectivity index (χ4n) is 2.53. The van der Waals surface area contributed by atoms with E-state index in [1.54, 1.807) is 11.4 Å². The molecule has 0 amide bonds. The molecule has 22 heavy (non-hydrogen) atoms. The van der Waals surface area contributed by atoms with Crippen LogP contribution in [-0.2, 0) is 10.0 Å². The van der Waals surface area contributed by atoms with Crippen LogP contribution in [0, 0.1) is 0 Å². The molecule has 6 heteroatoms. The second-order valence-corrected chi connectivity index (χ2v) is 7.65. The number of hydrogen-bond acceptors (Lipinski definition) is 4. The highest BCUT2D eigenvalue weighted by Crippen LogP contribution is 2.23. The van der Waals surface area contributed by atoms with E-state index in [0.29, 0.717) is 13.1 Å². The average molecular weight is 327 g/mol. The number of ether oxygens (including phenoxy) is 2. The second-order valence-electron chi connectivity index (χ2n) is 5.56. The Kier molecular flexibility index (Phi) is 6.08. The summed E-state index contributed by atoms with van der Waals surface area (Å²) < 4.78 is 36.9. The highest BCUT2D eigenvalue weighted by atomic mass is 32.2. The number of piperidine rings is 1. The first-order chi connectivity index (χ1) is 10.5. The number of unbranched alkanes of at least 4 members (excludes halogenated alkanes) is 1. The Bertz CT molecular complexity index is 548. The van der Waals surface area contributed by atoms with E-state index in [0.717, 1.165) is 37.2 Å². The molecule has 1 aliphatic heterocycles. The lowest BCUT2D eigenvalue weighted by Crippen LogP contribution is -2.42. The third kappa shape index (κ3) is 4.61. The minimum absolute atomic E-state index is 0.0750. The van der Waals surface area contributed by atoms with Crippen molar-refractivity contribution in [3.63, 3.8) is 0 Å². The average Bonchev–Trinajstić information content (AvgIpc) is 2.54. The maximum Gasteiger partial charge on any atom is 0.214 e. The van der Waals surface area contributed by atoms with Crippen LogP contribution in [0.5, 0.6) is 11.5 Å². The zero-order chi connectivity index (χ0) is 16.0. The van der Waals surface area contributed by atoms with Crippen LogP contribution in [0.15, 0.2) is 24.3 Å². The van der Waals surface area contributed by atoms with Gasteiger partial charge in [-0.25, -0.2) is 12.7 Å². The van der Waals surface area contributed by atoms with Crippen molar-refractivity contribution in [2.45, 2.75) is 38.7 Å². The lowest BCUT2D eigenvalue weighted by molar-refractivity contribution is 0.135. The van der Waals surface area contributed by atoms with E-state index in [2.05, 4.69) is 0 Å². The number of sulfonamides is 1. The topological polar surface area (TPSA) is 55.8 Å². The molecular formula is C16H25NO4S. The first-order valence-electron chi connectivity index (χ1n) is 7.83. The Labute approximate surface area is 133 Å². The monoisotopic (exact) mass is 327 g/mol. The molecule has 5 nitrogen and oxygen atoms in total. The Morgan fingerprint density at radius 1 is 1.14 bits per heavy atom. The minimum atomic E-state index is -3.09. The highest BCUT2D eigenvalue weighted by Gasteiger charge is 2.28. The van der Waals surface area contributed by atoms with Gasteiger partial charge in [0, 0.05) is 13.1 Å². The maximum absolute atomic E-state index is 12.2. The summed E-state index contributed by atoms with van der Waals surface area (Å²) in [7, 11) is -1.46. The molecule has 0 saturated carbocycles. The molecule has 1 aliphatic rings. The SMILES string of the molecule is CCCCS(=O)(=O)N1CCC(Oc2ccc(OC)cc2)CC1. The van der Waals surface area contributed by atoms with Gasteiger partial charge in [-0.2, -0.15) is 0 Å². The third-order valence-electron chi connectivity index (χ3n) is 3.91. The molecule has 1 aromatic carbocycles. The summed E-state index contributed by atoms with van der Waals surface area (Å²) in [5.74, 6) is 1.85. The fraction of sp³-hybridized carbons (Fsp3) is 0.625. The quantitative estimate of drug-likeness (QED) is 0.772. The second kappa shape index (κ2) is 7.83. The summed E-state index contributed by atoms with van der Waals surface area (Å²) >= 11 is 0. The molecular weight excluding hydrogens is 302 g/mol. The number of methoxy groups -OCH3 is 1. The molecule has 1 fully saturated rings. The van der Waals surface area contributed by atoms with Crippen LogP contribution in [0.1, 0.15) is 32.6 Å². The smallest absolute Gasteiger partial charge is 0.214 e. The number of rotatable bonds is 7. The van der Waals surface area contributed by atoms with Crippen molar-refractivity contribution in [3.05, 3.63) is 24.3 Å². The van der Waals surface area contributed by atoms with Crippen molar-refractivity contribution < 1.29 is 17.9 Å². The van der Waals surface area contributed by atoms with Gasteiger partial charge in [0.25, 0.3) is 0 Å². The van der Waals surface area contributed by atoms with E-state index in [1.165, 1.54) is 0 Å². The van der Waals surface area contributed by atoms with Crippen LogP contribution in [0.25, 0.3) is 0 Å². The zero-order valence-corrected chi connectivity index (χ0v) is 14.1. The number of nitrogens with zero attached hydrogens (tertiary/aromatic N) is 1. The van der Waals surface area contributed by atoms with Gasteiger partial charge in [0.1, 0.15) is 17.6 Å². The van der Waals surface area contributed by atoms with E-state index < -0.39 is 10.0 Å². The molecule has 2 rings (SSSR count). The van der Waals surface area contributed by atoms with Crippen LogP contribution >= 0.6 is 0 Å². The number of benzene rings is 1. The van der Waals surface area contributed by atoms with Crippen molar-refractivity contribution >= 4 is 10.0 Å². The van der Waals surface area contributed by atoms with Gasteiger partial charge in [-0.3, -0.25) is 0 Å². The first kappa shape index (κ1) is 17.1. The molecule has 0 bridgehead atoms. The summed E-state index contributed by atoms with van der Waals surface area (Å²) in [5.41, 5.74) is 0. The van der Waals surface area contributed by atoms with Gasteiger partial charge >= 0.3 is 0 Å². The molecule has 0 aromatic heterocycles. The summed E-state index contributed by atoms with van der Waals surface area (Å²) in [6.07, 6.45) is 3.17. The molecule has 124 valence electrons. The molecule has 0 N–H and O–H groups in total. The van der Waals surface area contributed by atoms with Crippen molar-refractivity contribution in [1.29, 1.82) is 0 Å². The van der Waals surface area contributed by atoms with E-state index in [9.17, 15) is 8.42 Å². The molecule has 1 heterocycles. The molecule has 0 radical (unpaired) electrons. The summed E-state index contributed by atoms with van der Waals surface area (Å²) in [6.45, 7) is 3.10. The van der Waals surface area contributed by atoms with Crippen molar-refractivity contribution in [2.24, 2.45) is 0 Å². The maximum atomic E-state index is 12.2. The molecule has 0 unspecified atom stereocenters. The normalized spacial score (nSPS) is 17.4. The molecule has 1 saturated heterocycles. The lowest BCUT2D eigenvalue weighted by atomic mass is 10.1. The first-order valence-corrected chi connectivity index (χ1v) is 9.44. The Morgan fingerprint density at radius 2 is 1.73 bits per heavy atom. The van der Waals surface area contributed by atoms with Gasteiger partial charge in [0.2, 0.25) is 10.0 Å². The van der Waals surface area contributed by atoms with Gasteiger partial charge in [-0.15, -0.1) is 0 Å². The fourth-order valence-corrected chi connectivity index (χ4v) is 4.21. The molecule has 1 aromatic rings. The van der Waals surface area contributed by atoms with Gasteiger partial charge in [-0.05, 0) is 43.5 Å². The van der Waals surface area contributed by atoms with Gasteiger partial charge in [-0.1, -0.05) is 13.3 Å². The van der Waals surface area contributed by atoms with Crippen molar-refractivity contribution in [3.8, 4) is 11.5 Å². The summed E-state index contributed by atoms with van der Waals surface area (Å²) in [4.78, 5) is 0. The minimum Gasteiger partial charge on any atom is -0.497 e. The van der Waals surface area contributed by atoms with Crippen LogP contribution < -0.4 is 9.47 Å². The van der Waals surface area contributed by atoms with Gasteiger partial charge in [0.15, 0.2) is 0 Å². The van der Waals surface area contributed by atoms with E-state index in [-0.39, 0.29) is 11.9 Å². The third-order valence-corrected chi connectivity index (χ3v) is 5.87. The van der Waals surface area contributed by atoms with Crippen molar-refractivity contribution in [1.82, 2.24) is 4.31 Å². The van der Waals surface area contributed by atoms with E-state index in [1.807, 2.05) is 31.2 Å². The van der Waals surface area contributed by atoms with Gasteiger partial charge in [0.05, 0.1) is 12.9 Å².